The average molecular weight is 173 g/mol. The first-order valence-electron chi connectivity index (χ1n) is 4.93. The lowest BCUT2D eigenvalue weighted by Crippen LogP contribution is -2.36. The van der Waals surface area contributed by atoms with Crippen LogP contribution in [0.1, 0.15) is 40.5 Å². The number of aliphatic hydroxyl groups is 1. The van der Waals surface area contributed by atoms with E-state index in [1.807, 2.05) is 6.92 Å². The monoisotopic (exact) mass is 173 g/mol. The van der Waals surface area contributed by atoms with E-state index in [1.54, 1.807) is 0 Å². The minimum absolute atomic E-state index is 0.228. The fourth-order valence-corrected chi connectivity index (χ4v) is 1.21. The summed E-state index contributed by atoms with van der Waals surface area (Å²) in [4.78, 5) is 0. The zero-order chi connectivity index (χ0) is 9.56. The van der Waals surface area contributed by atoms with Gasteiger partial charge in [-0.05, 0) is 32.6 Å². The van der Waals surface area contributed by atoms with Crippen LogP contribution >= 0.6 is 0 Å². The molecule has 0 fully saturated rings. The van der Waals surface area contributed by atoms with Gasteiger partial charge in [0, 0.05) is 12.1 Å². The predicted octanol–water partition coefficient (Wildman–Crippen LogP) is 1.78. The van der Waals surface area contributed by atoms with E-state index >= 15 is 0 Å². The zero-order valence-electron chi connectivity index (χ0n) is 8.80. The van der Waals surface area contributed by atoms with Crippen LogP contribution in [0.4, 0.5) is 0 Å². The van der Waals surface area contributed by atoms with Gasteiger partial charge in [-0.1, -0.05) is 13.8 Å². The zero-order valence-corrected chi connectivity index (χ0v) is 8.80. The van der Waals surface area contributed by atoms with E-state index in [1.165, 1.54) is 12.8 Å². The van der Waals surface area contributed by atoms with Crippen LogP contribution in [0.15, 0.2) is 0 Å². The molecule has 0 amide bonds. The van der Waals surface area contributed by atoms with Crippen LogP contribution in [0.25, 0.3) is 0 Å². The molecule has 0 spiro atoms. The van der Waals surface area contributed by atoms with Crippen molar-refractivity contribution in [3.8, 4) is 0 Å². The van der Waals surface area contributed by atoms with Crippen LogP contribution < -0.4 is 5.32 Å². The van der Waals surface area contributed by atoms with Gasteiger partial charge in [0.2, 0.25) is 0 Å². The first-order valence-corrected chi connectivity index (χ1v) is 4.93. The Balaban J connectivity index is 3.39. The molecule has 0 saturated heterocycles. The summed E-state index contributed by atoms with van der Waals surface area (Å²) in [5, 5.41) is 12.1. The van der Waals surface area contributed by atoms with Gasteiger partial charge in [0.1, 0.15) is 0 Å². The summed E-state index contributed by atoms with van der Waals surface area (Å²) in [5.41, 5.74) is 0. The van der Waals surface area contributed by atoms with Gasteiger partial charge in [0.15, 0.2) is 0 Å². The summed E-state index contributed by atoms with van der Waals surface area (Å²) < 4.78 is 0. The first kappa shape index (κ1) is 11.9. The Morgan fingerprint density at radius 1 is 1.00 bits per heavy atom. The maximum absolute atomic E-state index is 8.80. The lowest BCUT2D eigenvalue weighted by molar-refractivity contribution is 0.239. The van der Waals surface area contributed by atoms with Crippen molar-refractivity contribution in [3.05, 3.63) is 0 Å². The van der Waals surface area contributed by atoms with Crippen molar-refractivity contribution in [2.45, 2.75) is 52.6 Å². The third-order valence-corrected chi connectivity index (χ3v) is 2.02. The van der Waals surface area contributed by atoms with Gasteiger partial charge in [0.25, 0.3) is 0 Å². The van der Waals surface area contributed by atoms with Crippen LogP contribution in [0.3, 0.4) is 0 Å². The topological polar surface area (TPSA) is 32.3 Å². The van der Waals surface area contributed by atoms with Gasteiger partial charge < -0.3 is 10.4 Å². The molecule has 2 heteroatoms. The highest BCUT2D eigenvalue weighted by atomic mass is 16.3. The fourth-order valence-electron chi connectivity index (χ4n) is 1.21. The Kier molecular flexibility index (Phi) is 6.39. The normalized spacial score (nSPS) is 16.5. The highest BCUT2D eigenvalue weighted by Gasteiger charge is 2.06. The van der Waals surface area contributed by atoms with Crippen LogP contribution in [0, 0.1) is 5.92 Å². The van der Waals surface area contributed by atoms with Crippen molar-refractivity contribution < 1.29 is 5.11 Å². The quantitative estimate of drug-likeness (QED) is 0.641. The number of nitrogens with one attached hydrogen (secondary N) is 1. The summed E-state index contributed by atoms with van der Waals surface area (Å²) >= 11 is 0. The second kappa shape index (κ2) is 6.44. The average Bonchev–Trinajstić information content (AvgIpc) is 2.00. The molecule has 0 aromatic rings. The van der Waals surface area contributed by atoms with Crippen molar-refractivity contribution in [2.24, 2.45) is 5.92 Å². The number of aliphatic hydroxyl groups excluding tert-OH is 1. The van der Waals surface area contributed by atoms with E-state index in [0.29, 0.717) is 6.04 Å². The molecule has 2 atom stereocenters. The number of hydrogen-bond donors (Lipinski definition) is 2. The Morgan fingerprint density at radius 2 is 1.58 bits per heavy atom. The van der Waals surface area contributed by atoms with Gasteiger partial charge in [-0.2, -0.15) is 0 Å². The predicted molar refractivity (Wildman–Crippen MR) is 53.2 cm³/mol. The van der Waals surface area contributed by atoms with Crippen molar-refractivity contribution in [3.63, 3.8) is 0 Å². The van der Waals surface area contributed by atoms with Crippen molar-refractivity contribution in [1.29, 1.82) is 0 Å². The number of hydrogen-bond acceptors (Lipinski definition) is 2. The van der Waals surface area contributed by atoms with Gasteiger partial charge in [-0.25, -0.2) is 0 Å². The van der Waals surface area contributed by atoms with Crippen molar-refractivity contribution >= 4 is 0 Å². The molecule has 0 bridgehead atoms. The highest BCUT2D eigenvalue weighted by molar-refractivity contribution is 4.66. The molecule has 0 heterocycles. The SMILES string of the molecule is CC(C)CCC(C)NC(C)CO. The third kappa shape index (κ3) is 6.62. The minimum atomic E-state index is 0.228. The molecular formula is C10H23NO. The van der Waals surface area contributed by atoms with Crippen LogP contribution in [-0.4, -0.2) is 23.8 Å². The molecule has 0 rings (SSSR count). The Morgan fingerprint density at radius 3 is 2.00 bits per heavy atom. The molecule has 2 nitrogen and oxygen atoms in total. The summed E-state index contributed by atoms with van der Waals surface area (Å²) in [6.45, 7) is 8.89. The molecule has 0 aliphatic rings. The molecule has 0 aliphatic carbocycles. The molecule has 0 radical (unpaired) electrons. The molecule has 2 unspecified atom stereocenters. The maximum atomic E-state index is 8.80. The summed E-state index contributed by atoms with van der Waals surface area (Å²) in [6, 6.07) is 0.752. The summed E-state index contributed by atoms with van der Waals surface area (Å²) in [7, 11) is 0. The third-order valence-electron chi connectivity index (χ3n) is 2.02. The largest absolute Gasteiger partial charge is 0.395 e. The van der Waals surface area contributed by atoms with E-state index in [2.05, 4.69) is 26.1 Å². The van der Waals surface area contributed by atoms with Crippen LogP contribution in [0.2, 0.25) is 0 Å². The smallest absolute Gasteiger partial charge is 0.0582 e. The van der Waals surface area contributed by atoms with E-state index in [-0.39, 0.29) is 12.6 Å². The van der Waals surface area contributed by atoms with Gasteiger partial charge in [-0.3, -0.25) is 0 Å². The Labute approximate surface area is 76.4 Å². The van der Waals surface area contributed by atoms with E-state index in [9.17, 15) is 0 Å². The Hall–Kier alpha value is -0.0800. The lowest BCUT2D eigenvalue weighted by Gasteiger charge is -2.18. The van der Waals surface area contributed by atoms with E-state index in [4.69, 9.17) is 5.11 Å². The Bertz CT molecular complexity index is 104. The first-order chi connectivity index (χ1) is 5.56. The van der Waals surface area contributed by atoms with Gasteiger partial charge in [0.05, 0.1) is 6.61 Å². The molecule has 0 aliphatic heterocycles. The fraction of sp³-hybridized carbons (Fsp3) is 1.00. The summed E-state index contributed by atoms with van der Waals surface area (Å²) in [5.74, 6) is 0.777. The van der Waals surface area contributed by atoms with Crippen molar-refractivity contribution in [1.82, 2.24) is 5.32 Å². The van der Waals surface area contributed by atoms with E-state index in [0.717, 1.165) is 5.92 Å². The molecule has 74 valence electrons. The maximum Gasteiger partial charge on any atom is 0.0582 e. The van der Waals surface area contributed by atoms with Crippen LogP contribution in [-0.2, 0) is 0 Å². The van der Waals surface area contributed by atoms with Gasteiger partial charge >= 0.3 is 0 Å². The van der Waals surface area contributed by atoms with E-state index < -0.39 is 0 Å². The lowest BCUT2D eigenvalue weighted by atomic mass is 10.0. The molecular weight excluding hydrogens is 150 g/mol. The standard InChI is InChI=1S/C10H23NO/c1-8(2)5-6-9(3)11-10(4)7-12/h8-12H,5-7H2,1-4H3. The minimum Gasteiger partial charge on any atom is -0.395 e. The molecule has 2 N–H and O–H groups in total. The molecule has 12 heavy (non-hydrogen) atoms. The number of rotatable bonds is 6. The van der Waals surface area contributed by atoms with Crippen molar-refractivity contribution in [2.75, 3.05) is 6.61 Å². The molecule has 0 aromatic heterocycles. The molecule has 0 aromatic carbocycles. The highest BCUT2D eigenvalue weighted by Crippen LogP contribution is 2.06. The van der Waals surface area contributed by atoms with Crippen LogP contribution in [0.5, 0.6) is 0 Å². The second-order valence-electron chi connectivity index (χ2n) is 4.12. The van der Waals surface area contributed by atoms with Gasteiger partial charge in [-0.15, -0.1) is 0 Å². The second-order valence-corrected chi connectivity index (χ2v) is 4.12. The summed E-state index contributed by atoms with van der Waals surface area (Å²) in [6.07, 6.45) is 2.45. The molecule has 0 saturated carbocycles.